The maximum absolute atomic E-state index is 11.5. The van der Waals surface area contributed by atoms with Crippen molar-refractivity contribution in [2.24, 2.45) is 0 Å². The summed E-state index contributed by atoms with van der Waals surface area (Å²) in [6.07, 6.45) is 3.58. The molecule has 2 rings (SSSR count). The van der Waals surface area contributed by atoms with Gasteiger partial charge in [0.1, 0.15) is 12.1 Å². The minimum Gasteiger partial charge on any atom is -0.336 e. The van der Waals surface area contributed by atoms with Crippen LogP contribution in [0.15, 0.2) is 18.6 Å². The van der Waals surface area contributed by atoms with Crippen LogP contribution < -0.4 is 0 Å². The zero-order valence-corrected chi connectivity index (χ0v) is 8.22. The van der Waals surface area contributed by atoms with E-state index < -0.39 is 0 Å². The molecule has 5 heteroatoms. The van der Waals surface area contributed by atoms with Crippen LogP contribution in [0.2, 0.25) is 0 Å². The normalized spacial score (nSPS) is 16.9. The summed E-state index contributed by atoms with van der Waals surface area (Å²) in [6.45, 7) is 0.969. The smallest absolute Gasteiger partial charge is 0.230 e. The van der Waals surface area contributed by atoms with Crippen molar-refractivity contribution in [2.75, 3.05) is 6.54 Å². The molecule has 0 radical (unpaired) electrons. The average Bonchev–Trinajstić information content (AvgIpc) is 2.24. The Bertz CT molecular complexity index is 378. The third kappa shape index (κ3) is 2.37. The molecule has 1 aromatic heterocycles. The van der Waals surface area contributed by atoms with E-state index in [4.69, 9.17) is 0 Å². The standard InChI is InChI=1S/C10H11N3O2/c14-9-2-4-13(10(15)5-9)6-8-1-3-11-7-12-8/h1,3,7H,2,4-6H2. The molecule has 5 nitrogen and oxygen atoms in total. The maximum atomic E-state index is 11.5. The third-order valence-corrected chi connectivity index (χ3v) is 2.36. The average molecular weight is 205 g/mol. The van der Waals surface area contributed by atoms with Gasteiger partial charge in [-0.05, 0) is 6.07 Å². The van der Waals surface area contributed by atoms with Crippen molar-refractivity contribution in [1.29, 1.82) is 0 Å². The van der Waals surface area contributed by atoms with E-state index in [0.717, 1.165) is 5.69 Å². The van der Waals surface area contributed by atoms with Crippen molar-refractivity contribution < 1.29 is 9.59 Å². The number of hydrogen-bond donors (Lipinski definition) is 0. The number of amides is 1. The van der Waals surface area contributed by atoms with Crippen LogP contribution in [0, 0.1) is 0 Å². The van der Waals surface area contributed by atoms with Gasteiger partial charge in [-0.25, -0.2) is 9.97 Å². The van der Waals surface area contributed by atoms with E-state index in [1.54, 1.807) is 17.2 Å². The summed E-state index contributed by atoms with van der Waals surface area (Å²) in [5.74, 6) is -0.0798. The molecule has 1 aromatic rings. The fourth-order valence-electron chi connectivity index (χ4n) is 1.53. The number of carbonyl (C=O) groups excluding carboxylic acids is 2. The fourth-order valence-corrected chi connectivity index (χ4v) is 1.53. The highest BCUT2D eigenvalue weighted by atomic mass is 16.2. The number of piperidine rings is 1. The monoisotopic (exact) mass is 205 g/mol. The highest BCUT2D eigenvalue weighted by Crippen LogP contribution is 2.10. The number of nitrogens with zero attached hydrogens (tertiary/aromatic N) is 3. The molecule has 0 spiro atoms. The molecular formula is C10H11N3O2. The molecule has 1 aliphatic rings. The van der Waals surface area contributed by atoms with Gasteiger partial charge >= 0.3 is 0 Å². The van der Waals surface area contributed by atoms with Crippen LogP contribution in [0.3, 0.4) is 0 Å². The van der Waals surface area contributed by atoms with Crippen molar-refractivity contribution in [3.63, 3.8) is 0 Å². The lowest BCUT2D eigenvalue weighted by Crippen LogP contribution is -2.38. The Morgan fingerprint density at radius 3 is 2.93 bits per heavy atom. The second-order valence-corrected chi connectivity index (χ2v) is 3.48. The molecular weight excluding hydrogens is 194 g/mol. The minimum absolute atomic E-state index is 0.0268. The molecule has 1 aliphatic heterocycles. The number of likely N-dealkylation sites (tertiary alicyclic amines) is 1. The SMILES string of the molecule is O=C1CCN(Cc2ccncn2)C(=O)C1. The lowest BCUT2D eigenvalue weighted by Gasteiger charge is -2.25. The van der Waals surface area contributed by atoms with E-state index in [1.165, 1.54) is 6.33 Å². The van der Waals surface area contributed by atoms with Gasteiger partial charge < -0.3 is 4.90 Å². The number of carbonyl (C=O) groups is 2. The van der Waals surface area contributed by atoms with E-state index in [9.17, 15) is 9.59 Å². The topological polar surface area (TPSA) is 63.2 Å². The Kier molecular flexibility index (Phi) is 2.71. The Morgan fingerprint density at radius 2 is 2.27 bits per heavy atom. The zero-order chi connectivity index (χ0) is 10.7. The largest absolute Gasteiger partial charge is 0.336 e. The van der Waals surface area contributed by atoms with Crippen LogP contribution in [0.4, 0.5) is 0 Å². The van der Waals surface area contributed by atoms with Crippen molar-refractivity contribution in [2.45, 2.75) is 19.4 Å². The molecule has 78 valence electrons. The summed E-state index contributed by atoms with van der Waals surface area (Å²) in [7, 11) is 0. The highest BCUT2D eigenvalue weighted by Gasteiger charge is 2.23. The molecule has 0 aromatic carbocycles. The summed E-state index contributed by atoms with van der Waals surface area (Å²) in [5, 5.41) is 0. The van der Waals surface area contributed by atoms with Gasteiger partial charge in [0.2, 0.25) is 5.91 Å². The van der Waals surface area contributed by atoms with Gasteiger partial charge in [-0.3, -0.25) is 9.59 Å². The van der Waals surface area contributed by atoms with Gasteiger partial charge in [0.15, 0.2) is 0 Å². The first-order valence-electron chi connectivity index (χ1n) is 4.80. The molecule has 0 N–H and O–H groups in total. The minimum atomic E-state index is -0.107. The second kappa shape index (κ2) is 4.16. The van der Waals surface area contributed by atoms with Crippen molar-refractivity contribution in [1.82, 2.24) is 14.9 Å². The summed E-state index contributed by atoms with van der Waals surface area (Å²) in [5.41, 5.74) is 0.799. The van der Waals surface area contributed by atoms with Crippen LogP contribution in [-0.2, 0) is 16.1 Å². The third-order valence-electron chi connectivity index (χ3n) is 2.36. The molecule has 1 fully saturated rings. The van der Waals surface area contributed by atoms with Crippen molar-refractivity contribution in [3.05, 3.63) is 24.3 Å². The number of ketones is 1. The van der Waals surface area contributed by atoms with Crippen molar-refractivity contribution >= 4 is 11.7 Å². The fraction of sp³-hybridized carbons (Fsp3) is 0.400. The zero-order valence-electron chi connectivity index (χ0n) is 8.22. The number of hydrogen-bond acceptors (Lipinski definition) is 4. The maximum Gasteiger partial charge on any atom is 0.230 e. The van der Waals surface area contributed by atoms with Gasteiger partial charge in [0.25, 0.3) is 0 Å². The molecule has 1 saturated heterocycles. The van der Waals surface area contributed by atoms with Gasteiger partial charge in [0.05, 0.1) is 18.7 Å². The van der Waals surface area contributed by atoms with E-state index >= 15 is 0 Å². The molecule has 15 heavy (non-hydrogen) atoms. The molecule has 0 bridgehead atoms. The Balaban J connectivity index is 2.01. The molecule has 0 atom stereocenters. The number of aromatic nitrogens is 2. The number of Topliss-reactive ketones (excluding diaryl/α,β-unsaturated/α-hetero) is 1. The summed E-state index contributed by atoms with van der Waals surface area (Å²) in [4.78, 5) is 32.0. The first-order chi connectivity index (χ1) is 7.25. The van der Waals surface area contributed by atoms with E-state index in [1.807, 2.05) is 0 Å². The van der Waals surface area contributed by atoms with E-state index in [0.29, 0.717) is 19.5 Å². The predicted octanol–water partition coefficient (Wildman–Crippen LogP) is 0.168. The number of rotatable bonds is 2. The second-order valence-electron chi connectivity index (χ2n) is 3.48. The van der Waals surface area contributed by atoms with Gasteiger partial charge in [-0.2, -0.15) is 0 Å². The van der Waals surface area contributed by atoms with Crippen LogP contribution >= 0.6 is 0 Å². The molecule has 2 heterocycles. The van der Waals surface area contributed by atoms with Gasteiger partial charge in [-0.15, -0.1) is 0 Å². The first kappa shape index (κ1) is 9.76. The Labute approximate surface area is 87.1 Å². The van der Waals surface area contributed by atoms with Crippen molar-refractivity contribution in [3.8, 4) is 0 Å². The summed E-state index contributed by atoms with van der Waals surface area (Å²) in [6, 6.07) is 1.77. The first-order valence-corrected chi connectivity index (χ1v) is 4.80. The van der Waals surface area contributed by atoms with E-state index in [-0.39, 0.29) is 18.1 Å². The predicted molar refractivity (Wildman–Crippen MR) is 51.7 cm³/mol. The summed E-state index contributed by atoms with van der Waals surface area (Å²) < 4.78 is 0. The van der Waals surface area contributed by atoms with Gasteiger partial charge in [0, 0.05) is 19.2 Å². The van der Waals surface area contributed by atoms with Crippen LogP contribution in [0.5, 0.6) is 0 Å². The quantitative estimate of drug-likeness (QED) is 0.645. The van der Waals surface area contributed by atoms with Gasteiger partial charge in [-0.1, -0.05) is 0 Å². The Morgan fingerprint density at radius 1 is 1.40 bits per heavy atom. The van der Waals surface area contributed by atoms with Crippen LogP contribution in [0.25, 0.3) is 0 Å². The van der Waals surface area contributed by atoms with E-state index in [2.05, 4.69) is 9.97 Å². The molecule has 0 unspecified atom stereocenters. The summed E-state index contributed by atoms with van der Waals surface area (Å²) >= 11 is 0. The Hall–Kier alpha value is -1.78. The molecule has 0 saturated carbocycles. The van der Waals surface area contributed by atoms with Crippen LogP contribution in [0.1, 0.15) is 18.5 Å². The lowest BCUT2D eigenvalue weighted by atomic mass is 10.1. The van der Waals surface area contributed by atoms with Crippen LogP contribution in [-0.4, -0.2) is 33.1 Å². The molecule has 1 amide bonds. The molecule has 0 aliphatic carbocycles. The highest BCUT2D eigenvalue weighted by molar-refractivity contribution is 6.00. The lowest BCUT2D eigenvalue weighted by molar-refractivity contribution is -0.139.